The first-order valence-electron chi connectivity index (χ1n) is 7.85. The van der Waals surface area contributed by atoms with Crippen LogP contribution in [0.3, 0.4) is 0 Å². The number of nitrogens with one attached hydrogen (secondary N) is 1. The molecule has 24 heavy (non-hydrogen) atoms. The van der Waals surface area contributed by atoms with Crippen molar-refractivity contribution in [3.8, 4) is 0 Å². The second-order valence-corrected chi connectivity index (χ2v) is 7.26. The molecule has 0 radical (unpaired) electrons. The molecule has 0 aliphatic carbocycles. The number of hydrogen-bond donors (Lipinski definition) is 1. The van der Waals surface area contributed by atoms with Crippen molar-refractivity contribution in [3.63, 3.8) is 0 Å². The fourth-order valence-electron chi connectivity index (χ4n) is 2.55. The summed E-state index contributed by atoms with van der Waals surface area (Å²) in [4.78, 5) is 37.7. The standard InChI is InChI=1S/C17H20Cl2N2O3/c1-9(2)4-5-10(3)20-15(22)8-21-16(23)11-6-13(18)14(19)7-12(11)17(21)24/h6-7,9-10H,4-5,8H2,1-3H3,(H,20,22)/t10-/m1/s1. The summed E-state index contributed by atoms with van der Waals surface area (Å²) >= 11 is 11.8. The van der Waals surface area contributed by atoms with Gasteiger partial charge in [-0.05, 0) is 37.8 Å². The Morgan fingerprint density at radius 1 is 1.04 bits per heavy atom. The van der Waals surface area contributed by atoms with Crippen molar-refractivity contribution in [2.24, 2.45) is 5.92 Å². The lowest BCUT2D eigenvalue weighted by molar-refractivity contribution is -0.122. The number of carbonyl (C=O) groups is 3. The number of amides is 3. The predicted molar refractivity (Wildman–Crippen MR) is 93.5 cm³/mol. The summed E-state index contributed by atoms with van der Waals surface area (Å²) in [5.74, 6) is -0.870. The van der Waals surface area contributed by atoms with Crippen LogP contribution in [0.1, 0.15) is 54.3 Å². The van der Waals surface area contributed by atoms with E-state index >= 15 is 0 Å². The highest BCUT2D eigenvalue weighted by Gasteiger charge is 2.37. The van der Waals surface area contributed by atoms with Gasteiger partial charge in [0.25, 0.3) is 11.8 Å². The van der Waals surface area contributed by atoms with Crippen LogP contribution in [-0.4, -0.2) is 35.2 Å². The summed E-state index contributed by atoms with van der Waals surface area (Å²) < 4.78 is 0. The minimum atomic E-state index is -0.529. The highest BCUT2D eigenvalue weighted by Crippen LogP contribution is 2.31. The number of rotatable bonds is 6. The molecule has 1 N–H and O–H groups in total. The maximum absolute atomic E-state index is 12.3. The van der Waals surface area contributed by atoms with E-state index in [9.17, 15) is 14.4 Å². The quantitative estimate of drug-likeness (QED) is 0.778. The second kappa shape index (κ2) is 7.53. The van der Waals surface area contributed by atoms with Crippen molar-refractivity contribution < 1.29 is 14.4 Å². The van der Waals surface area contributed by atoms with E-state index in [2.05, 4.69) is 19.2 Å². The van der Waals surface area contributed by atoms with Crippen LogP contribution < -0.4 is 5.32 Å². The Morgan fingerprint density at radius 3 is 2.00 bits per heavy atom. The Labute approximate surface area is 151 Å². The number of carbonyl (C=O) groups excluding carboxylic acids is 3. The van der Waals surface area contributed by atoms with Crippen LogP contribution in [0.4, 0.5) is 0 Å². The maximum Gasteiger partial charge on any atom is 0.262 e. The molecule has 0 spiro atoms. The van der Waals surface area contributed by atoms with Crippen LogP contribution >= 0.6 is 23.2 Å². The number of imide groups is 1. The SMILES string of the molecule is CC(C)CC[C@@H](C)NC(=O)CN1C(=O)c2cc(Cl)c(Cl)cc2C1=O. The van der Waals surface area contributed by atoms with Gasteiger partial charge in [0.1, 0.15) is 6.54 Å². The Balaban J connectivity index is 2.02. The maximum atomic E-state index is 12.3. The zero-order valence-corrected chi connectivity index (χ0v) is 15.4. The molecular weight excluding hydrogens is 351 g/mol. The molecule has 130 valence electrons. The summed E-state index contributed by atoms with van der Waals surface area (Å²) in [6, 6.07) is 2.71. The molecular formula is C17H20Cl2N2O3. The first-order valence-corrected chi connectivity index (χ1v) is 8.61. The summed E-state index contributed by atoms with van der Waals surface area (Å²) in [6.45, 7) is 5.82. The average molecular weight is 371 g/mol. The number of benzene rings is 1. The first-order chi connectivity index (χ1) is 11.2. The molecule has 0 saturated heterocycles. The summed E-state index contributed by atoms with van der Waals surface area (Å²) in [5.41, 5.74) is 0.352. The van der Waals surface area contributed by atoms with E-state index < -0.39 is 11.8 Å². The lowest BCUT2D eigenvalue weighted by Crippen LogP contribution is -2.43. The Hall–Kier alpha value is -1.59. The molecule has 3 amide bonds. The van der Waals surface area contributed by atoms with Gasteiger partial charge in [0.15, 0.2) is 0 Å². The highest BCUT2D eigenvalue weighted by molar-refractivity contribution is 6.43. The summed E-state index contributed by atoms with van der Waals surface area (Å²) in [7, 11) is 0. The normalized spacial score (nSPS) is 15.0. The second-order valence-electron chi connectivity index (χ2n) is 6.45. The molecule has 0 saturated carbocycles. The van der Waals surface area contributed by atoms with E-state index in [1.54, 1.807) is 0 Å². The summed E-state index contributed by atoms with van der Waals surface area (Å²) in [6.07, 6.45) is 1.84. The monoisotopic (exact) mass is 370 g/mol. The minimum Gasteiger partial charge on any atom is -0.352 e. The zero-order chi connectivity index (χ0) is 18.0. The Morgan fingerprint density at radius 2 is 1.54 bits per heavy atom. The molecule has 0 fully saturated rings. The lowest BCUT2D eigenvalue weighted by atomic mass is 10.0. The third kappa shape index (κ3) is 4.08. The molecule has 1 aromatic rings. The van der Waals surface area contributed by atoms with Crippen molar-refractivity contribution in [2.75, 3.05) is 6.54 Å². The molecule has 1 atom stereocenters. The first kappa shape index (κ1) is 18.7. The van der Waals surface area contributed by atoms with Gasteiger partial charge in [-0.15, -0.1) is 0 Å². The van der Waals surface area contributed by atoms with E-state index in [0.29, 0.717) is 5.92 Å². The van der Waals surface area contributed by atoms with Crippen LogP contribution in [0.2, 0.25) is 10.0 Å². The molecule has 2 rings (SSSR count). The molecule has 1 aliphatic heterocycles. The number of hydrogen-bond acceptors (Lipinski definition) is 3. The minimum absolute atomic E-state index is 0.0148. The molecule has 7 heteroatoms. The van der Waals surface area contributed by atoms with Gasteiger partial charge in [0.05, 0.1) is 21.2 Å². The molecule has 0 unspecified atom stereocenters. The molecule has 5 nitrogen and oxygen atoms in total. The molecule has 1 aromatic carbocycles. The van der Waals surface area contributed by atoms with Crippen LogP contribution in [-0.2, 0) is 4.79 Å². The van der Waals surface area contributed by atoms with Gasteiger partial charge in [0.2, 0.25) is 5.91 Å². The van der Waals surface area contributed by atoms with Gasteiger partial charge < -0.3 is 5.32 Å². The number of nitrogens with zero attached hydrogens (tertiary/aromatic N) is 1. The van der Waals surface area contributed by atoms with Gasteiger partial charge in [-0.2, -0.15) is 0 Å². The van der Waals surface area contributed by atoms with Crippen molar-refractivity contribution >= 4 is 40.9 Å². The van der Waals surface area contributed by atoms with Gasteiger partial charge in [0, 0.05) is 6.04 Å². The van der Waals surface area contributed by atoms with Crippen molar-refractivity contribution in [2.45, 2.75) is 39.7 Å². The summed E-state index contributed by atoms with van der Waals surface area (Å²) in [5, 5.41) is 3.21. The average Bonchev–Trinajstić information content (AvgIpc) is 2.71. The van der Waals surface area contributed by atoms with E-state index in [1.165, 1.54) is 12.1 Å². The fourth-order valence-corrected chi connectivity index (χ4v) is 2.87. The van der Waals surface area contributed by atoms with Crippen LogP contribution in [0.15, 0.2) is 12.1 Å². The fraction of sp³-hybridized carbons (Fsp3) is 0.471. The topological polar surface area (TPSA) is 66.5 Å². The highest BCUT2D eigenvalue weighted by atomic mass is 35.5. The van der Waals surface area contributed by atoms with E-state index in [-0.39, 0.29) is 39.7 Å². The van der Waals surface area contributed by atoms with E-state index in [4.69, 9.17) is 23.2 Å². The van der Waals surface area contributed by atoms with Gasteiger partial charge in [-0.25, -0.2) is 0 Å². The van der Waals surface area contributed by atoms with Crippen LogP contribution in [0.5, 0.6) is 0 Å². The third-order valence-electron chi connectivity index (χ3n) is 3.90. The van der Waals surface area contributed by atoms with Gasteiger partial charge >= 0.3 is 0 Å². The molecule has 0 bridgehead atoms. The van der Waals surface area contributed by atoms with Crippen molar-refractivity contribution in [1.82, 2.24) is 10.2 Å². The van der Waals surface area contributed by atoms with Gasteiger partial charge in [-0.1, -0.05) is 37.0 Å². The van der Waals surface area contributed by atoms with Crippen molar-refractivity contribution in [1.29, 1.82) is 0 Å². The van der Waals surface area contributed by atoms with Crippen LogP contribution in [0, 0.1) is 5.92 Å². The Kier molecular flexibility index (Phi) is 5.88. The third-order valence-corrected chi connectivity index (χ3v) is 4.62. The Bertz CT molecular complexity index is 648. The van der Waals surface area contributed by atoms with Crippen molar-refractivity contribution in [3.05, 3.63) is 33.3 Å². The molecule has 1 heterocycles. The van der Waals surface area contributed by atoms with E-state index in [1.807, 2.05) is 6.92 Å². The molecule has 0 aromatic heterocycles. The largest absolute Gasteiger partial charge is 0.352 e. The van der Waals surface area contributed by atoms with Crippen LogP contribution in [0.25, 0.3) is 0 Å². The number of halogens is 2. The number of fused-ring (bicyclic) bond motifs is 1. The zero-order valence-electron chi connectivity index (χ0n) is 13.9. The molecule has 1 aliphatic rings. The predicted octanol–water partition coefficient (Wildman–Crippen LogP) is 3.53. The van der Waals surface area contributed by atoms with Gasteiger partial charge in [-0.3, -0.25) is 19.3 Å². The smallest absolute Gasteiger partial charge is 0.262 e. The van der Waals surface area contributed by atoms with E-state index in [0.717, 1.165) is 17.7 Å². The lowest BCUT2D eigenvalue weighted by Gasteiger charge is -2.18.